The van der Waals surface area contributed by atoms with Gasteiger partial charge in [0.2, 0.25) is 0 Å². The number of benzene rings is 2. The predicted molar refractivity (Wildman–Crippen MR) is 107 cm³/mol. The van der Waals surface area contributed by atoms with E-state index >= 15 is 0 Å². The average Bonchev–Trinajstić information content (AvgIpc) is 2.64. The first-order chi connectivity index (χ1) is 12.5. The molecule has 0 radical (unpaired) electrons. The Hall–Kier alpha value is -2.73. The summed E-state index contributed by atoms with van der Waals surface area (Å²) in [5, 5.41) is 17.5. The lowest BCUT2D eigenvalue weighted by molar-refractivity contribution is -0.119. The van der Waals surface area contributed by atoms with Crippen molar-refractivity contribution in [1.29, 1.82) is 0 Å². The summed E-state index contributed by atoms with van der Waals surface area (Å²) in [6, 6.07) is 12.5. The van der Waals surface area contributed by atoms with Gasteiger partial charge in [-0.3, -0.25) is 4.79 Å². The van der Waals surface area contributed by atoms with Crippen LogP contribution in [0.5, 0.6) is 5.75 Å². The van der Waals surface area contributed by atoms with Gasteiger partial charge in [-0.1, -0.05) is 23.7 Å². The lowest BCUT2D eigenvalue weighted by Crippen LogP contribution is -2.26. The minimum Gasteiger partial charge on any atom is -0.507 e. The SMILES string of the molecule is CCN(CC)c1ccc(C=NNC(=O)CNc2ccccc2Cl)c(O)c1. The van der Waals surface area contributed by atoms with Crippen LogP contribution in [-0.2, 0) is 4.79 Å². The molecule has 2 rings (SSSR count). The first-order valence-corrected chi connectivity index (χ1v) is 8.81. The average molecular weight is 375 g/mol. The molecule has 0 unspecified atom stereocenters. The molecule has 0 atom stereocenters. The third-order valence-corrected chi connectivity index (χ3v) is 4.18. The first kappa shape index (κ1) is 19.6. The number of hydrazone groups is 1. The molecule has 6 nitrogen and oxygen atoms in total. The molecule has 3 N–H and O–H groups in total. The number of hydrogen-bond donors (Lipinski definition) is 3. The van der Waals surface area contributed by atoms with Crippen LogP contribution in [0, 0.1) is 0 Å². The van der Waals surface area contributed by atoms with E-state index in [1.165, 1.54) is 6.21 Å². The number of rotatable bonds is 8. The predicted octanol–water partition coefficient (Wildman–Crippen LogP) is 3.45. The van der Waals surface area contributed by atoms with Crippen molar-refractivity contribution in [2.24, 2.45) is 5.10 Å². The molecule has 0 aliphatic heterocycles. The molecule has 0 saturated carbocycles. The smallest absolute Gasteiger partial charge is 0.259 e. The summed E-state index contributed by atoms with van der Waals surface area (Å²) < 4.78 is 0. The third kappa shape index (κ3) is 5.39. The number of nitrogens with one attached hydrogen (secondary N) is 2. The summed E-state index contributed by atoms with van der Waals surface area (Å²) in [4.78, 5) is 14.0. The number of aromatic hydroxyl groups is 1. The number of hydrogen-bond acceptors (Lipinski definition) is 5. The number of para-hydroxylation sites is 1. The van der Waals surface area contributed by atoms with Crippen molar-refractivity contribution in [2.45, 2.75) is 13.8 Å². The Labute approximate surface area is 158 Å². The summed E-state index contributed by atoms with van der Waals surface area (Å²) >= 11 is 6.01. The Morgan fingerprint density at radius 3 is 2.62 bits per heavy atom. The molecule has 0 saturated heterocycles. The number of phenols is 1. The Morgan fingerprint density at radius 2 is 1.96 bits per heavy atom. The van der Waals surface area contributed by atoms with E-state index in [4.69, 9.17) is 11.6 Å². The highest BCUT2D eigenvalue weighted by Crippen LogP contribution is 2.23. The highest BCUT2D eigenvalue weighted by molar-refractivity contribution is 6.33. The molecule has 2 aromatic carbocycles. The summed E-state index contributed by atoms with van der Waals surface area (Å²) in [5.74, 6) is -0.206. The highest BCUT2D eigenvalue weighted by Gasteiger charge is 2.06. The van der Waals surface area contributed by atoms with Crippen molar-refractivity contribution in [3.05, 3.63) is 53.1 Å². The lowest BCUT2D eigenvalue weighted by atomic mass is 10.2. The molecule has 0 spiro atoms. The zero-order valence-corrected chi connectivity index (χ0v) is 15.6. The maximum absolute atomic E-state index is 11.8. The molecule has 1 amide bonds. The molecule has 26 heavy (non-hydrogen) atoms. The van der Waals surface area contributed by atoms with Crippen LogP contribution in [0.1, 0.15) is 19.4 Å². The number of anilines is 2. The van der Waals surface area contributed by atoms with Crippen LogP contribution in [0.25, 0.3) is 0 Å². The van der Waals surface area contributed by atoms with Crippen molar-refractivity contribution in [2.75, 3.05) is 29.9 Å². The fourth-order valence-corrected chi connectivity index (χ4v) is 2.62. The number of halogens is 1. The van der Waals surface area contributed by atoms with E-state index in [0.29, 0.717) is 16.3 Å². The molecule has 0 heterocycles. The summed E-state index contributed by atoms with van der Waals surface area (Å²) in [6.07, 6.45) is 1.41. The Morgan fingerprint density at radius 1 is 1.23 bits per heavy atom. The number of carbonyl (C=O) groups is 1. The van der Waals surface area contributed by atoms with Gasteiger partial charge in [-0.05, 0) is 38.1 Å². The molecule has 0 aromatic heterocycles. The summed E-state index contributed by atoms with van der Waals surface area (Å²) in [6.45, 7) is 5.87. The zero-order valence-electron chi connectivity index (χ0n) is 14.9. The molecular weight excluding hydrogens is 352 g/mol. The van der Waals surface area contributed by atoms with E-state index in [0.717, 1.165) is 18.8 Å². The van der Waals surface area contributed by atoms with Crippen molar-refractivity contribution >= 4 is 35.1 Å². The molecule has 7 heteroatoms. The zero-order chi connectivity index (χ0) is 18.9. The maximum Gasteiger partial charge on any atom is 0.259 e. The summed E-state index contributed by atoms with van der Waals surface area (Å²) in [7, 11) is 0. The first-order valence-electron chi connectivity index (χ1n) is 8.43. The molecule has 0 aliphatic rings. The minimum atomic E-state index is -0.319. The van der Waals surface area contributed by atoms with Crippen LogP contribution in [0.2, 0.25) is 5.02 Å². The topological polar surface area (TPSA) is 77.0 Å². The van der Waals surface area contributed by atoms with Gasteiger partial charge in [0, 0.05) is 30.4 Å². The highest BCUT2D eigenvalue weighted by atomic mass is 35.5. The van der Waals surface area contributed by atoms with E-state index in [2.05, 4.69) is 34.6 Å². The Balaban J connectivity index is 1.89. The third-order valence-electron chi connectivity index (χ3n) is 3.85. The largest absolute Gasteiger partial charge is 0.507 e. The second-order valence-electron chi connectivity index (χ2n) is 5.54. The van der Waals surface area contributed by atoms with Gasteiger partial charge >= 0.3 is 0 Å². The van der Waals surface area contributed by atoms with Gasteiger partial charge in [0.05, 0.1) is 23.5 Å². The van der Waals surface area contributed by atoms with Crippen molar-refractivity contribution < 1.29 is 9.90 Å². The monoisotopic (exact) mass is 374 g/mol. The fraction of sp³-hybridized carbons (Fsp3) is 0.263. The van der Waals surface area contributed by atoms with E-state index in [9.17, 15) is 9.90 Å². The van der Waals surface area contributed by atoms with Crippen LogP contribution >= 0.6 is 11.6 Å². The molecular formula is C19H23ClN4O2. The van der Waals surface area contributed by atoms with Gasteiger partial charge in [0.1, 0.15) is 5.75 Å². The standard InChI is InChI=1S/C19H23ClN4O2/c1-3-24(4-2)15-10-9-14(18(25)11-15)12-22-23-19(26)13-21-17-8-6-5-7-16(17)20/h5-12,21,25H,3-4,13H2,1-2H3,(H,23,26). The number of nitrogens with zero attached hydrogens (tertiary/aromatic N) is 2. The minimum absolute atomic E-state index is 0.0357. The van der Waals surface area contributed by atoms with Crippen molar-refractivity contribution in [3.63, 3.8) is 0 Å². The molecule has 138 valence electrons. The van der Waals surface area contributed by atoms with Crippen LogP contribution in [0.15, 0.2) is 47.6 Å². The summed E-state index contributed by atoms with van der Waals surface area (Å²) in [5.41, 5.74) is 4.56. The number of carbonyl (C=O) groups excluding carboxylic acids is 1. The van der Waals surface area contributed by atoms with Crippen molar-refractivity contribution in [3.8, 4) is 5.75 Å². The normalized spacial score (nSPS) is 10.7. The molecule has 2 aromatic rings. The van der Waals surface area contributed by atoms with E-state index in [1.807, 2.05) is 18.2 Å². The van der Waals surface area contributed by atoms with Gasteiger partial charge in [0.15, 0.2) is 0 Å². The number of phenolic OH excluding ortho intramolecular Hbond substituents is 1. The second-order valence-corrected chi connectivity index (χ2v) is 5.95. The van der Waals surface area contributed by atoms with Gasteiger partial charge in [-0.15, -0.1) is 0 Å². The molecule has 0 bridgehead atoms. The molecule has 0 aliphatic carbocycles. The van der Waals surface area contributed by atoms with Crippen LogP contribution in [0.3, 0.4) is 0 Å². The van der Waals surface area contributed by atoms with Gasteiger partial charge in [0.25, 0.3) is 5.91 Å². The number of amides is 1. The van der Waals surface area contributed by atoms with Gasteiger partial charge in [-0.25, -0.2) is 5.43 Å². The van der Waals surface area contributed by atoms with Crippen LogP contribution < -0.4 is 15.6 Å². The van der Waals surface area contributed by atoms with Gasteiger partial charge < -0.3 is 15.3 Å². The lowest BCUT2D eigenvalue weighted by Gasteiger charge is -2.21. The van der Waals surface area contributed by atoms with Crippen LogP contribution in [-0.4, -0.2) is 36.9 Å². The molecule has 0 fully saturated rings. The van der Waals surface area contributed by atoms with Crippen molar-refractivity contribution in [1.82, 2.24) is 5.43 Å². The second kappa shape index (κ2) is 9.68. The van der Waals surface area contributed by atoms with Crippen LogP contribution in [0.4, 0.5) is 11.4 Å². The fourth-order valence-electron chi connectivity index (χ4n) is 2.42. The Bertz CT molecular complexity index is 776. The quantitative estimate of drug-likeness (QED) is 0.488. The maximum atomic E-state index is 11.8. The Kier molecular flexibility index (Phi) is 7.29. The van der Waals surface area contributed by atoms with E-state index < -0.39 is 0 Å². The van der Waals surface area contributed by atoms with E-state index in [-0.39, 0.29) is 18.2 Å². The van der Waals surface area contributed by atoms with E-state index in [1.54, 1.807) is 24.3 Å². The van der Waals surface area contributed by atoms with Gasteiger partial charge in [-0.2, -0.15) is 5.10 Å².